The van der Waals surface area contributed by atoms with Crippen molar-refractivity contribution in [3.05, 3.63) is 48.2 Å². The van der Waals surface area contributed by atoms with Crippen molar-refractivity contribution in [2.45, 2.75) is 38.5 Å². The van der Waals surface area contributed by atoms with Gasteiger partial charge in [0.15, 0.2) is 0 Å². The molecular formula is C17H22N4. The molecule has 4 heteroatoms. The van der Waals surface area contributed by atoms with Gasteiger partial charge in [0.25, 0.3) is 0 Å². The largest absolute Gasteiger partial charge is 0.356 e. The van der Waals surface area contributed by atoms with Gasteiger partial charge in [0, 0.05) is 43.2 Å². The summed E-state index contributed by atoms with van der Waals surface area (Å²) in [6.07, 6.45) is 7.94. The van der Waals surface area contributed by atoms with Crippen LogP contribution in [0, 0.1) is 0 Å². The van der Waals surface area contributed by atoms with Crippen molar-refractivity contribution in [2.75, 3.05) is 18.0 Å². The summed E-state index contributed by atoms with van der Waals surface area (Å²) in [7, 11) is 0. The normalized spacial score (nSPS) is 19.0. The fraction of sp³-hybridized carbons (Fsp3) is 0.471. The Morgan fingerprint density at radius 3 is 2.95 bits per heavy atom. The van der Waals surface area contributed by atoms with Crippen LogP contribution in [-0.4, -0.2) is 28.0 Å². The highest BCUT2D eigenvalue weighted by Gasteiger charge is 2.22. The smallest absolute Gasteiger partial charge is 0.132 e. The van der Waals surface area contributed by atoms with Gasteiger partial charge in [0.1, 0.15) is 12.1 Å². The average molecular weight is 282 g/mol. The zero-order chi connectivity index (χ0) is 14.7. The minimum atomic E-state index is 0.436. The maximum Gasteiger partial charge on any atom is 0.132 e. The van der Waals surface area contributed by atoms with E-state index in [0.29, 0.717) is 11.8 Å². The van der Waals surface area contributed by atoms with Gasteiger partial charge in [-0.05, 0) is 30.4 Å². The fourth-order valence-electron chi connectivity index (χ4n) is 2.92. The standard InChI is InChI=1S/C17H22N4/c1-13(2)16-9-17(20-12-19-16)21-8-4-6-15(11-21)14-5-3-7-18-10-14/h3,5,7,9-10,12-13,15H,4,6,8,11H2,1-2H3/t15-/m0/s1. The van der Waals surface area contributed by atoms with E-state index >= 15 is 0 Å². The second kappa shape index (κ2) is 6.20. The Morgan fingerprint density at radius 1 is 1.29 bits per heavy atom. The van der Waals surface area contributed by atoms with Crippen molar-refractivity contribution in [1.82, 2.24) is 15.0 Å². The number of aromatic nitrogens is 3. The van der Waals surface area contributed by atoms with Gasteiger partial charge < -0.3 is 4.90 Å². The van der Waals surface area contributed by atoms with E-state index in [1.165, 1.54) is 18.4 Å². The van der Waals surface area contributed by atoms with E-state index in [1.807, 2.05) is 18.5 Å². The van der Waals surface area contributed by atoms with Gasteiger partial charge in [-0.3, -0.25) is 4.98 Å². The number of nitrogens with zero attached hydrogens (tertiary/aromatic N) is 4. The molecule has 1 aliphatic heterocycles. The Balaban J connectivity index is 1.78. The third kappa shape index (κ3) is 3.20. The number of anilines is 1. The van der Waals surface area contributed by atoms with Gasteiger partial charge in [0.2, 0.25) is 0 Å². The van der Waals surface area contributed by atoms with E-state index in [-0.39, 0.29) is 0 Å². The summed E-state index contributed by atoms with van der Waals surface area (Å²) in [6, 6.07) is 6.34. The molecule has 0 unspecified atom stereocenters. The molecule has 0 aromatic carbocycles. The molecule has 3 heterocycles. The lowest BCUT2D eigenvalue weighted by Gasteiger charge is -2.33. The average Bonchev–Trinajstić information content (AvgIpc) is 2.56. The first-order valence-electron chi connectivity index (χ1n) is 7.71. The highest BCUT2D eigenvalue weighted by molar-refractivity contribution is 5.41. The molecule has 2 aromatic rings. The first-order valence-corrected chi connectivity index (χ1v) is 7.71. The maximum absolute atomic E-state index is 4.47. The number of hydrogen-bond acceptors (Lipinski definition) is 4. The molecule has 1 saturated heterocycles. The first-order chi connectivity index (χ1) is 10.2. The molecule has 0 radical (unpaired) electrons. The SMILES string of the molecule is CC(C)c1cc(N2CCC[C@H](c3cccnc3)C2)ncn1. The Bertz CT molecular complexity index is 582. The van der Waals surface area contributed by atoms with Gasteiger partial charge in [0.05, 0.1) is 0 Å². The van der Waals surface area contributed by atoms with E-state index in [9.17, 15) is 0 Å². The fourth-order valence-corrected chi connectivity index (χ4v) is 2.92. The predicted octanol–water partition coefficient (Wildman–Crippen LogP) is 3.38. The highest BCUT2D eigenvalue weighted by atomic mass is 15.2. The molecule has 110 valence electrons. The summed E-state index contributed by atoms with van der Waals surface area (Å²) < 4.78 is 0. The second-order valence-electron chi connectivity index (χ2n) is 6.03. The molecule has 4 nitrogen and oxygen atoms in total. The summed E-state index contributed by atoms with van der Waals surface area (Å²) in [5.74, 6) is 2.04. The molecule has 0 amide bonds. The van der Waals surface area contributed by atoms with Crippen LogP contribution >= 0.6 is 0 Å². The first kappa shape index (κ1) is 14.0. The molecule has 1 fully saturated rings. The zero-order valence-electron chi connectivity index (χ0n) is 12.7. The third-order valence-electron chi connectivity index (χ3n) is 4.17. The Morgan fingerprint density at radius 2 is 2.19 bits per heavy atom. The van der Waals surface area contributed by atoms with E-state index in [4.69, 9.17) is 0 Å². The van der Waals surface area contributed by atoms with Crippen molar-refractivity contribution >= 4 is 5.82 Å². The van der Waals surface area contributed by atoms with Gasteiger partial charge in [-0.2, -0.15) is 0 Å². The van der Waals surface area contributed by atoms with Crippen molar-refractivity contribution in [3.63, 3.8) is 0 Å². The van der Waals surface area contributed by atoms with Crippen LogP contribution in [0.2, 0.25) is 0 Å². The quantitative estimate of drug-likeness (QED) is 0.865. The third-order valence-corrected chi connectivity index (χ3v) is 4.17. The molecule has 2 aromatic heterocycles. The van der Waals surface area contributed by atoms with Crippen molar-refractivity contribution in [3.8, 4) is 0 Å². The van der Waals surface area contributed by atoms with Crippen molar-refractivity contribution in [2.24, 2.45) is 0 Å². The molecule has 0 bridgehead atoms. The Labute approximate surface area is 126 Å². The minimum Gasteiger partial charge on any atom is -0.356 e. The topological polar surface area (TPSA) is 41.9 Å². The van der Waals surface area contributed by atoms with E-state index in [0.717, 1.165) is 24.6 Å². The summed E-state index contributed by atoms with van der Waals surface area (Å²) >= 11 is 0. The van der Waals surface area contributed by atoms with Crippen molar-refractivity contribution < 1.29 is 0 Å². The summed E-state index contributed by atoms with van der Waals surface area (Å²) in [5.41, 5.74) is 2.45. The van der Waals surface area contributed by atoms with Gasteiger partial charge in [-0.1, -0.05) is 19.9 Å². The molecule has 0 spiro atoms. The Kier molecular flexibility index (Phi) is 4.13. The summed E-state index contributed by atoms with van der Waals surface area (Å²) in [4.78, 5) is 15.5. The van der Waals surface area contributed by atoms with Crippen LogP contribution in [0.4, 0.5) is 5.82 Å². The predicted molar refractivity (Wildman–Crippen MR) is 84.5 cm³/mol. The van der Waals surface area contributed by atoms with Crippen LogP contribution < -0.4 is 4.90 Å². The summed E-state index contributed by atoms with van der Waals surface area (Å²) in [5, 5.41) is 0. The van der Waals surface area contributed by atoms with Gasteiger partial charge in [-0.15, -0.1) is 0 Å². The lowest BCUT2D eigenvalue weighted by molar-refractivity contribution is 0.505. The molecule has 1 atom stereocenters. The lowest BCUT2D eigenvalue weighted by Crippen LogP contribution is -2.35. The molecule has 3 rings (SSSR count). The van der Waals surface area contributed by atoms with E-state index in [1.54, 1.807) is 6.33 Å². The van der Waals surface area contributed by atoms with Crippen LogP contribution in [0.5, 0.6) is 0 Å². The zero-order valence-corrected chi connectivity index (χ0v) is 12.7. The number of piperidine rings is 1. The van der Waals surface area contributed by atoms with Crippen LogP contribution in [0.1, 0.15) is 49.8 Å². The Hall–Kier alpha value is -1.97. The van der Waals surface area contributed by atoms with Crippen LogP contribution in [0.25, 0.3) is 0 Å². The van der Waals surface area contributed by atoms with Crippen LogP contribution in [-0.2, 0) is 0 Å². The number of hydrogen-bond donors (Lipinski definition) is 0. The second-order valence-corrected chi connectivity index (χ2v) is 6.03. The summed E-state index contributed by atoms with van der Waals surface area (Å²) in [6.45, 7) is 6.42. The molecule has 21 heavy (non-hydrogen) atoms. The molecule has 0 N–H and O–H groups in total. The monoisotopic (exact) mass is 282 g/mol. The maximum atomic E-state index is 4.47. The highest BCUT2D eigenvalue weighted by Crippen LogP contribution is 2.29. The molecular weight excluding hydrogens is 260 g/mol. The van der Waals surface area contributed by atoms with Gasteiger partial charge in [-0.25, -0.2) is 9.97 Å². The molecule has 0 aliphatic carbocycles. The number of pyridine rings is 1. The number of rotatable bonds is 3. The van der Waals surface area contributed by atoms with Crippen molar-refractivity contribution in [1.29, 1.82) is 0 Å². The van der Waals surface area contributed by atoms with Crippen LogP contribution in [0.15, 0.2) is 36.9 Å². The van der Waals surface area contributed by atoms with E-state index in [2.05, 4.69) is 45.8 Å². The van der Waals surface area contributed by atoms with Gasteiger partial charge >= 0.3 is 0 Å². The van der Waals surface area contributed by atoms with E-state index < -0.39 is 0 Å². The van der Waals surface area contributed by atoms with Crippen LogP contribution in [0.3, 0.4) is 0 Å². The lowest BCUT2D eigenvalue weighted by atomic mass is 9.92. The molecule has 1 aliphatic rings. The minimum absolute atomic E-state index is 0.436. The molecule has 0 saturated carbocycles.